The van der Waals surface area contributed by atoms with E-state index in [0.29, 0.717) is 0 Å². The number of hydrogen-bond acceptors (Lipinski definition) is 5. The molecule has 0 unspecified atom stereocenters. The van der Waals surface area contributed by atoms with E-state index < -0.39 is 0 Å². The molecule has 132 valence electrons. The lowest BCUT2D eigenvalue weighted by Crippen LogP contribution is -2.26. The minimum Gasteiger partial charge on any atom is -0.383 e. The monoisotopic (exact) mass is 355 g/mol. The zero-order valence-corrected chi connectivity index (χ0v) is 15.8. The van der Waals surface area contributed by atoms with E-state index in [1.165, 1.54) is 34.5 Å². The van der Waals surface area contributed by atoms with Crippen molar-refractivity contribution in [2.45, 2.75) is 45.6 Å². The van der Waals surface area contributed by atoms with Crippen molar-refractivity contribution in [1.29, 1.82) is 0 Å². The number of aromatic amines is 1. The summed E-state index contributed by atoms with van der Waals surface area (Å²) in [5, 5.41) is 14.3. The highest BCUT2D eigenvalue weighted by molar-refractivity contribution is 7.22. The fraction of sp³-hybridized carbons (Fsp3) is 0.474. The Kier molecular flexibility index (Phi) is 4.15. The molecule has 1 aliphatic carbocycles. The van der Waals surface area contributed by atoms with Gasteiger partial charge >= 0.3 is 0 Å². The first-order chi connectivity index (χ1) is 12.0. The molecule has 3 N–H and O–H groups in total. The average molecular weight is 356 g/mol. The molecule has 3 aromatic rings. The van der Waals surface area contributed by atoms with Crippen LogP contribution in [0.25, 0.3) is 20.8 Å². The number of nitrogens with zero attached hydrogens (tertiary/aromatic N) is 2. The minimum atomic E-state index is -0.0197. The van der Waals surface area contributed by atoms with Crippen molar-refractivity contribution < 1.29 is 0 Å². The molecule has 0 amide bonds. The van der Waals surface area contributed by atoms with Crippen molar-refractivity contribution in [1.82, 2.24) is 15.2 Å². The summed E-state index contributed by atoms with van der Waals surface area (Å²) in [6.45, 7) is 7.52. The molecule has 0 radical (unpaired) electrons. The molecule has 0 atom stereocenters. The maximum atomic E-state index is 4.84. The zero-order valence-electron chi connectivity index (χ0n) is 15.0. The van der Waals surface area contributed by atoms with Crippen molar-refractivity contribution in [3.63, 3.8) is 0 Å². The van der Waals surface area contributed by atoms with Gasteiger partial charge in [-0.1, -0.05) is 6.42 Å². The van der Waals surface area contributed by atoms with Gasteiger partial charge in [0.1, 0.15) is 5.82 Å². The number of H-pyrrole nitrogens is 1. The van der Waals surface area contributed by atoms with Crippen LogP contribution in [0.1, 0.15) is 40.0 Å². The molecule has 3 heterocycles. The fourth-order valence-corrected chi connectivity index (χ4v) is 4.14. The van der Waals surface area contributed by atoms with Crippen LogP contribution in [0, 0.1) is 5.92 Å². The molecule has 1 aliphatic rings. The van der Waals surface area contributed by atoms with Gasteiger partial charge in [-0.05, 0) is 51.7 Å². The predicted octanol–water partition coefficient (Wildman–Crippen LogP) is 5.11. The molecular weight excluding hydrogens is 330 g/mol. The van der Waals surface area contributed by atoms with Crippen LogP contribution in [0.2, 0.25) is 0 Å². The molecule has 4 rings (SSSR count). The van der Waals surface area contributed by atoms with Crippen LogP contribution in [0.15, 0.2) is 24.4 Å². The Labute approximate surface area is 152 Å². The Morgan fingerprint density at radius 2 is 2.12 bits per heavy atom. The van der Waals surface area contributed by atoms with Gasteiger partial charge in [0.05, 0.1) is 26.5 Å². The van der Waals surface area contributed by atoms with Crippen molar-refractivity contribution in [2.75, 3.05) is 17.2 Å². The maximum absolute atomic E-state index is 4.84. The Morgan fingerprint density at radius 3 is 2.76 bits per heavy atom. The summed E-state index contributed by atoms with van der Waals surface area (Å²) < 4.78 is 1.21. The maximum Gasteiger partial charge on any atom is 0.129 e. The summed E-state index contributed by atoms with van der Waals surface area (Å²) in [6.07, 6.45) is 5.85. The Bertz CT molecular complexity index is 856. The number of pyridine rings is 1. The molecular formula is C19H25N5S. The fourth-order valence-electron chi connectivity index (χ4n) is 3.08. The highest BCUT2D eigenvalue weighted by Crippen LogP contribution is 2.38. The molecule has 3 aromatic heterocycles. The van der Waals surface area contributed by atoms with Gasteiger partial charge in [0, 0.05) is 24.3 Å². The predicted molar refractivity (Wildman–Crippen MR) is 106 cm³/mol. The second-order valence-corrected chi connectivity index (χ2v) is 8.96. The smallest absolute Gasteiger partial charge is 0.129 e. The van der Waals surface area contributed by atoms with Gasteiger partial charge in [-0.25, -0.2) is 4.98 Å². The van der Waals surface area contributed by atoms with E-state index >= 15 is 0 Å². The van der Waals surface area contributed by atoms with E-state index in [4.69, 9.17) is 4.98 Å². The number of nitrogens with one attached hydrogen (secondary N) is 3. The molecule has 0 saturated heterocycles. The molecule has 1 saturated carbocycles. The van der Waals surface area contributed by atoms with Crippen LogP contribution in [0.4, 0.5) is 11.5 Å². The molecule has 0 spiro atoms. The van der Waals surface area contributed by atoms with Crippen LogP contribution >= 0.6 is 11.3 Å². The Balaban J connectivity index is 1.71. The SMILES string of the molecule is CC(C)(C)Nc1cc(NCC2CCC2)c2sc(-c3ccn[nH]3)cc2n1. The highest BCUT2D eigenvalue weighted by atomic mass is 32.1. The molecule has 0 aromatic carbocycles. The second-order valence-electron chi connectivity index (χ2n) is 7.90. The number of aromatic nitrogens is 3. The Hall–Kier alpha value is -2.08. The summed E-state index contributed by atoms with van der Waals surface area (Å²) in [5.74, 6) is 1.74. The van der Waals surface area contributed by atoms with Crippen LogP contribution in [-0.2, 0) is 0 Å². The van der Waals surface area contributed by atoms with E-state index in [9.17, 15) is 0 Å². The number of fused-ring (bicyclic) bond motifs is 1. The van der Waals surface area contributed by atoms with Crippen molar-refractivity contribution in [3.05, 3.63) is 24.4 Å². The first-order valence-corrected chi connectivity index (χ1v) is 9.76. The summed E-state index contributed by atoms with van der Waals surface area (Å²) in [4.78, 5) is 6.00. The molecule has 0 aliphatic heterocycles. The quantitative estimate of drug-likeness (QED) is 0.595. The first kappa shape index (κ1) is 16.4. The summed E-state index contributed by atoms with van der Waals surface area (Å²) in [6, 6.07) is 6.30. The lowest BCUT2D eigenvalue weighted by atomic mass is 9.85. The standard InChI is InChI=1S/C19H25N5S/c1-19(2,3)23-17-10-14(20-11-12-5-4-6-12)18-15(22-17)9-16(25-18)13-7-8-21-24-13/h7-10,12H,4-6,11H2,1-3H3,(H,21,24)(H2,20,22,23). The van der Waals surface area contributed by atoms with E-state index in [0.717, 1.165) is 29.5 Å². The molecule has 5 nitrogen and oxygen atoms in total. The number of thiophene rings is 1. The van der Waals surface area contributed by atoms with E-state index in [1.54, 1.807) is 17.5 Å². The normalized spacial score (nSPS) is 15.3. The van der Waals surface area contributed by atoms with Crippen LogP contribution in [0.3, 0.4) is 0 Å². The van der Waals surface area contributed by atoms with Crippen LogP contribution < -0.4 is 10.6 Å². The second kappa shape index (κ2) is 6.33. The average Bonchev–Trinajstić information content (AvgIpc) is 3.12. The third-order valence-electron chi connectivity index (χ3n) is 4.55. The lowest BCUT2D eigenvalue weighted by molar-refractivity contribution is 0.333. The largest absolute Gasteiger partial charge is 0.383 e. The summed E-state index contributed by atoms with van der Waals surface area (Å²) >= 11 is 1.76. The van der Waals surface area contributed by atoms with Crippen molar-refractivity contribution in [3.8, 4) is 10.6 Å². The molecule has 25 heavy (non-hydrogen) atoms. The molecule has 1 fully saturated rings. The third kappa shape index (κ3) is 3.63. The van der Waals surface area contributed by atoms with Gasteiger partial charge in [0.25, 0.3) is 0 Å². The van der Waals surface area contributed by atoms with Gasteiger partial charge < -0.3 is 10.6 Å². The van der Waals surface area contributed by atoms with Crippen molar-refractivity contribution in [2.24, 2.45) is 5.92 Å². The lowest BCUT2D eigenvalue weighted by Gasteiger charge is -2.26. The summed E-state index contributed by atoms with van der Waals surface area (Å²) in [5.41, 5.74) is 3.23. The zero-order chi connectivity index (χ0) is 17.4. The van der Waals surface area contributed by atoms with Gasteiger partial charge in [-0.3, -0.25) is 5.10 Å². The van der Waals surface area contributed by atoms with Gasteiger partial charge in [-0.15, -0.1) is 11.3 Å². The first-order valence-electron chi connectivity index (χ1n) is 8.94. The van der Waals surface area contributed by atoms with E-state index in [2.05, 4.69) is 53.7 Å². The van der Waals surface area contributed by atoms with Gasteiger partial charge in [-0.2, -0.15) is 5.10 Å². The third-order valence-corrected chi connectivity index (χ3v) is 5.75. The van der Waals surface area contributed by atoms with Crippen LogP contribution in [-0.4, -0.2) is 27.3 Å². The van der Waals surface area contributed by atoms with Gasteiger partial charge in [0.15, 0.2) is 0 Å². The topological polar surface area (TPSA) is 65.6 Å². The minimum absolute atomic E-state index is 0.0197. The molecule has 0 bridgehead atoms. The van der Waals surface area contributed by atoms with E-state index in [1.807, 2.05) is 6.07 Å². The highest BCUT2D eigenvalue weighted by Gasteiger charge is 2.19. The number of anilines is 2. The summed E-state index contributed by atoms with van der Waals surface area (Å²) in [7, 11) is 0. The number of hydrogen-bond donors (Lipinski definition) is 3. The van der Waals surface area contributed by atoms with Gasteiger partial charge in [0.2, 0.25) is 0 Å². The van der Waals surface area contributed by atoms with Crippen molar-refractivity contribution >= 4 is 33.1 Å². The molecule has 6 heteroatoms. The Morgan fingerprint density at radius 1 is 1.28 bits per heavy atom. The number of rotatable bonds is 5. The van der Waals surface area contributed by atoms with Crippen LogP contribution in [0.5, 0.6) is 0 Å². The van der Waals surface area contributed by atoms with E-state index in [-0.39, 0.29) is 5.54 Å².